The first-order chi connectivity index (χ1) is 13.5. The van der Waals surface area contributed by atoms with Gasteiger partial charge in [-0.2, -0.15) is 0 Å². The van der Waals surface area contributed by atoms with E-state index in [-0.39, 0.29) is 11.9 Å². The average Bonchev–Trinajstić information content (AvgIpc) is 2.70. The monoisotopic (exact) mass is 378 g/mol. The summed E-state index contributed by atoms with van der Waals surface area (Å²) in [5.74, 6) is 1.08. The van der Waals surface area contributed by atoms with Crippen LogP contribution in [0.25, 0.3) is 0 Å². The van der Waals surface area contributed by atoms with Gasteiger partial charge in [0.1, 0.15) is 5.82 Å². The van der Waals surface area contributed by atoms with E-state index in [2.05, 4.69) is 36.9 Å². The Kier molecular flexibility index (Phi) is 5.44. The van der Waals surface area contributed by atoms with Crippen molar-refractivity contribution in [3.63, 3.8) is 0 Å². The predicted octanol–water partition coefficient (Wildman–Crippen LogP) is 3.73. The lowest BCUT2D eigenvalue weighted by molar-refractivity contribution is -0.129. The second-order valence-corrected chi connectivity index (χ2v) is 8.29. The third-order valence-corrected chi connectivity index (χ3v) is 6.27. The number of hydrogen-bond donors (Lipinski definition) is 0. The molecule has 28 heavy (non-hydrogen) atoms. The van der Waals surface area contributed by atoms with Crippen LogP contribution in [0.4, 0.5) is 0 Å². The lowest BCUT2D eigenvalue weighted by Gasteiger charge is -2.35. The largest absolute Gasteiger partial charge is 0.338 e. The Bertz CT molecular complexity index is 879. The van der Waals surface area contributed by atoms with E-state index in [1.807, 2.05) is 11.1 Å². The third-order valence-electron chi connectivity index (χ3n) is 6.27. The fraction of sp³-hybridized carbons (Fsp3) is 0.522. The zero-order valence-corrected chi connectivity index (χ0v) is 17.2. The Labute approximate surface area is 167 Å². The lowest BCUT2D eigenvalue weighted by atomic mass is 9.98. The summed E-state index contributed by atoms with van der Waals surface area (Å²) >= 11 is 0. The van der Waals surface area contributed by atoms with Gasteiger partial charge in [-0.1, -0.05) is 24.6 Å². The van der Waals surface area contributed by atoms with Gasteiger partial charge in [0.25, 0.3) is 0 Å². The standard InChI is InChI=1S/C23H30N4O/c1-16-7-8-19(12-17(16)2)14-27-10-5-4-6-22(27)23-24-13-20-15-26(18(3)28)11-9-21(20)25-23/h7-8,12-13,22H,4-6,9-11,14-15H2,1-3H3/t22-/m1/s1. The fourth-order valence-electron chi connectivity index (χ4n) is 4.37. The Morgan fingerprint density at radius 1 is 1.18 bits per heavy atom. The molecule has 4 rings (SSSR count). The van der Waals surface area contributed by atoms with E-state index in [9.17, 15) is 4.79 Å². The highest BCUT2D eigenvalue weighted by Crippen LogP contribution is 2.31. The maximum absolute atomic E-state index is 11.7. The summed E-state index contributed by atoms with van der Waals surface area (Å²) in [5.41, 5.74) is 6.29. The summed E-state index contributed by atoms with van der Waals surface area (Å²) < 4.78 is 0. The number of aromatic nitrogens is 2. The maximum atomic E-state index is 11.7. The zero-order valence-electron chi connectivity index (χ0n) is 17.2. The number of hydrogen-bond acceptors (Lipinski definition) is 4. The molecule has 148 valence electrons. The SMILES string of the molecule is CC(=O)N1CCc2nc([C@H]3CCCCN3Cc3ccc(C)c(C)c3)ncc2C1. The highest BCUT2D eigenvalue weighted by Gasteiger charge is 2.28. The average molecular weight is 379 g/mol. The van der Waals surface area contributed by atoms with Gasteiger partial charge in [-0.25, -0.2) is 9.97 Å². The van der Waals surface area contributed by atoms with Crippen molar-refractivity contribution in [2.45, 2.75) is 65.6 Å². The molecule has 5 nitrogen and oxygen atoms in total. The molecule has 1 aromatic carbocycles. The van der Waals surface area contributed by atoms with Gasteiger partial charge in [0.15, 0.2) is 0 Å². The van der Waals surface area contributed by atoms with Crippen molar-refractivity contribution < 1.29 is 4.79 Å². The summed E-state index contributed by atoms with van der Waals surface area (Å²) in [6, 6.07) is 7.06. The van der Waals surface area contributed by atoms with Crippen molar-refractivity contribution in [1.29, 1.82) is 0 Å². The van der Waals surface area contributed by atoms with Crippen molar-refractivity contribution >= 4 is 5.91 Å². The second-order valence-electron chi connectivity index (χ2n) is 8.29. The number of piperidine rings is 1. The first-order valence-corrected chi connectivity index (χ1v) is 10.4. The number of carbonyl (C=O) groups excluding carboxylic acids is 1. The summed E-state index contributed by atoms with van der Waals surface area (Å²) in [4.78, 5) is 25.8. The molecule has 0 aliphatic carbocycles. The normalized spacial score (nSPS) is 20.1. The van der Waals surface area contributed by atoms with E-state index in [4.69, 9.17) is 9.97 Å². The summed E-state index contributed by atoms with van der Waals surface area (Å²) in [7, 11) is 0. The molecule has 1 atom stereocenters. The number of rotatable bonds is 3. The molecule has 0 N–H and O–H groups in total. The van der Waals surface area contributed by atoms with Gasteiger partial charge >= 0.3 is 0 Å². The molecule has 0 spiro atoms. The number of fused-ring (bicyclic) bond motifs is 1. The van der Waals surface area contributed by atoms with Crippen molar-refractivity contribution in [2.24, 2.45) is 0 Å². The predicted molar refractivity (Wildman–Crippen MR) is 110 cm³/mol. The van der Waals surface area contributed by atoms with Crippen molar-refractivity contribution in [3.8, 4) is 0 Å². The van der Waals surface area contributed by atoms with Crippen LogP contribution in [0.15, 0.2) is 24.4 Å². The molecule has 1 fully saturated rings. The van der Waals surface area contributed by atoms with Gasteiger partial charge in [0.2, 0.25) is 5.91 Å². The molecular formula is C23H30N4O. The Hall–Kier alpha value is -2.27. The van der Waals surface area contributed by atoms with Gasteiger partial charge < -0.3 is 4.90 Å². The van der Waals surface area contributed by atoms with Gasteiger partial charge in [-0.3, -0.25) is 9.69 Å². The first kappa shape index (κ1) is 19.1. The van der Waals surface area contributed by atoms with Crippen LogP contribution in [-0.4, -0.2) is 38.8 Å². The second kappa shape index (κ2) is 8.00. The molecule has 0 radical (unpaired) electrons. The van der Waals surface area contributed by atoms with Crippen LogP contribution < -0.4 is 0 Å². The smallest absolute Gasteiger partial charge is 0.219 e. The van der Waals surface area contributed by atoms with E-state index in [1.54, 1.807) is 6.92 Å². The third kappa shape index (κ3) is 3.95. The molecule has 2 aromatic rings. The number of amides is 1. The fourth-order valence-corrected chi connectivity index (χ4v) is 4.37. The quantitative estimate of drug-likeness (QED) is 0.817. The molecule has 0 saturated carbocycles. The van der Waals surface area contributed by atoms with Crippen molar-refractivity contribution in [3.05, 3.63) is 58.2 Å². The van der Waals surface area contributed by atoms with Crippen LogP contribution in [0.3, 0.4) is 0 Å². The van der Waals surface area contributed by atoms with Gasteiger partial charge in [-0.05, 0) is 49.9 Å². The summed E-state index contributed by atoms with van der Waals surface area (Å²) in [5, 5.41) is 0. The van der Waals surface area contributed by atoms with Crippen LogP contribution in [0, 0.1) is 13.8 Å². The molecule has 2 aliphatic heterocycles. The van der Waals surface area contributed by atoms with E-state index in [1.165, 1.54) is 29.5 Å². The number of carbonyl (C=O) groups is 1. The van der Waals surface area contributed by atoms with Gasteiger partial charge in [0, 0.05) is 44.7 Å². The molecule has 3 heterocycles. The lowest BCUT2D eigenvalue weighted by Crippen LogP contribution is -2.36. The van der Waals surface area contributed by atoms with Crippen LogP contribution in [0.1, 0.15) is 66.0 Å². The summed E-state index contributed by atoms with van der Waals surface area (Å²) in [6.07, 6.45) is 6.36. The minimum atomic E-state index is 0.126. The molecule has 5 heteroatoms. The number of benzene rings is 1. The molecule has 0 unspecified atom stereocenters. The van der Waals surface area contributed by atoms with Crippen LogP contribution >= 0.6 is 0 Å². The van der Waals surface area contributed by atoms with Crippen LogP contribution in [0.2, 0.25) is 0 Å². The molecule has 1 aromatic heterocycles. The number of likely N-dealkylation sites (tertiary alicyclic amines) is 1. The number of nitrogens with zero attached hydrogens (tertiary/aromatic N) is 4. The van der Waals surface area contributed by atoms with Crippen LogP contribution in [-0.2, 0) is 24.3 Å². The Morgan fingerprint density at radius 3 is 2.82 bits per heavy atom. The highest BCUT2D eigenvalue weighted by atomic mass is 16.2. The van der Waals surface area contributed by atoms with E-state index in [0.29, 0.717) is 6.54 Å². The Morgan fingerprint density at radius 2 is 2.04 bits per heavy atom. The molecule has 0 bridgehead atoms. The molecule has 1 saturated heterocycles. The Balaban J connectivity index is 1.54. The zero-order chi connectivity index (χ0) is 19.7. The highest BCUT2D eigenvalue weighted by molar-refractivity contribution is 5.73. The minimum absolute atomic E-state index is 0.126. The van der Waals surface area contributed by atoms with Crippen molar-refractivity contribution in [2.75, 3.05) is 13.1 Å². The first-order valence-electron chi connectivity index (χ1n) is 10.4. The molecular weight excluding hydrogens is 348 g/mol. The summed E-state index contributed by atoms with van der Waals surface area (Å²) in [6.45, 7) is 9.42. The molecule has 1 amide bonds. The van der Waals surface area contributed by atoms with Gasteiger partial charge in [0.05, 0.1) is 11.7 Å². The van der Waals surface area contributed by atoms with Crippen LogP contribution in [0.5, 0.6) is 0 Å². The van der Waals surface area contributed by atoms with E-state index >= 15 is 0 Å². The maximum Gasteiger partial charge on any atom is 0.219 e. The van der Waals surface area contributed by atoms with Gasteiger partial charge in [-0.15, -0.1) is 0 Å². The molecule has 2 aliphatic rings. The van der Waals surface area contributed by atoms with E-state index < -0.39 is 0 Å². The van der Waals surface area contributed by atoms with Crippen molar-refractivity contribution in [1.82, 2.24) is 19.8 Å². The topological polar surface area (TPSA) is 49.3 Å². The number of aryl methyl sites for hydroxylation is 2. The minimum Gasteiger partial charge on any atom is -0.338 e. The van der Waals surface area contributed by atoms with E-state index in [0.717, 1.165) is 49.6 Å².